The minimum absolute atomic E-state index is 0.0142. The van der Waals surface area contributed by atoms with E-state index >= 15 is 0 Å². The molecule has 1 aromatic heterocycles. The lowest BCUT2D eigenvalue weighted by molar-refractivity contribution is -0.136. The van der Waals surface area contributed by atoms with Crippen molar-refractivity contribution in [2.75, 3.05) is 24.2 Å². The van der Waals surface area contributed by atoms with Crippen LogP contribution in [0.15, 0.2) is 17.0 Å². The number of anilines is 1. The van der Waals surface area contributed by atoms with Crippen LogP contribution >= 0.6 is 23.1 Å². The Labute approximate surface area is 167 Å². The Morgan fingerprint density at radius 2 is 1.93 bits per heavy atom. The normalized spacial score (nSPS) is 15.1. The molecule has 1 atom stereocenters. The van der Waals surface area contributed by atoms with Crippen molar-refractivity contribution in [2.45, 2.75) is 49.4 Å². The fourth-order valence-corrected chi connectivity index (χ4v) is 4.15. The van der Waals surface area contributed by atoms with E-state index in [9.17, 15) is 14.4 Å². The molecule has 0 radical (unpaired) electrons. The van der Waals surface area contributed by atoms with E-state index in [0.29, 0.717) is 5.13 Å². The Hall–Kier alpha value is -1.94. The number of hydrogen-bond donors (Lipinski definition) is 2. The van der Waals surface area contributed by atoms with Crippen molar-refractivity contribution in [2.24, 2.45) is 0 Å². The Kier molecular flexibility index (Phi) is 8.73. The van der Waals surface area contributed by atoms with Crippen LogP contribution in [0.5, 0.6) is 0 Å². The third kappa shape index (κ3) is 7.30. The highest BCUT2D eigenvalue weighted by Crippen LogP contribution is 2.25. The van der Waals surface area contributed by atoms with E-state index in [-0.39, 0.29) is 30.6 Å². The van der Waals surface area contributed by atoms with Crippen LogP contribution in [0, 0.1) is 0 Å². The van der Waals surface area contributed by atoms with Gasteiger partial charge in [-0.1, -0.05) is 29.2 Å². The molecule has 2 rings (SSSR count). The number of aromatic nitrogens is 2. The number of nitrogens with zero attached hydrogens (tertiary/aromatic N) is 3. The molecule has 3 amide bonds. The van der Waals surface area contributed by atoms with E-state index in [1.165, 1.54) is 23.1 Å². The molecule has 0 saturated carbocycles. The fourth-order valence-electron chi connectivity index (χ4n) is 2.62. The molecule has 1 aliphatic heterocycles. The van der Waals surface area contributed by atoms with Crippen molar-refractivity contribution in [3.05, 3.63) is 12.7 Å². The predicted octanol–water partition coefficient (Wildman–Crippen LogP) is 2.05. The second-order valence-corrected chi connectivity index (χ2v) is 8.44. The lowest BCUT2D eigenvalue weighted by Crippen LogP contribution is -2.48. The molecule has 0 spiro atoms. The van der Waals surface area contributed by atoms with Gasteiger partial charge < -0.3 is 15.5 Å². The van der Waals surface area contributed by atoms with E-state index in [1.807, 2.05) is 0 Å². The van der Waals surface area contributed by atoms with E-state index in [4.69, 9.17) is 0 Å². The molecule has 0 aliphatic carbocycles. The molecule has 1 aromatic rings. The first-order valence-corrected chi connectivity index (χ1v) is 10.7. The number of likely N-dealkylation sites (tertiary alicyclic amines) is 1. The van der Waals surface area contributed by atoms with Gasteiger partial charge in [-0.15, -0.1) is 16.8 Å². The Morgan fingerprint density at radius 3 is 2.63 bits per heavy atom. The van der Waals surface area contributed by atoms with Gasteiger partial charge in [0.15, 0.2) is 4.34 Å². The summed E-state index contributed by atoms with van der Waals surface area (Å²) < 4.78 is 0.744. The maximum absolute atomic E-state index is 12.3. The molecule has 148 valence electrons. The van der Waals surface area contributed by atoms with Gasteiger partial charge in [-0.05, 0) is 26.2 Å². The van der Waals surface area contributed by atoms with Crippen molar-refractivity contribution >= 4 is 46.0 Å². The first-order chi connectivity index (χ1) is 13.0. The number of thioether (sulfide) groups is 1. The lowest BCUT2D eigenvalue weighted by atomic mass is 10.1. The van der Waals surface area contributed by atoms with Gasteiger partial charge >= 0.3 is 0 Å². The molecule has 1 aliphatic rings. The van der Waals surface area contributed by atoms with Crippen LogP contribution in [0.3, 0.4) is 0 Å². The average molecular weight is 412 g/mol. The SMILES string of the molecule is C=CCSc1nnc(NC(=O)CCC(=O)NC(C)C(=O)N2CCCCC2)s1. The summed E-state index contributed by atoms with van der Waals surface area (Å²) in [5.74, 6) is 0.0295. The Morgan fingerprint density at radius 1 is 1.22 bits per heavy atom. The number of amides is 3. The van der Waals surface area contributed by atoms with Crippen LogP contribution in [0.1, 0.15) is 39.0 Å². The number of carbonyl (C=O) groups is 3. The standard InChI is InChI=1S/C17H25N5O3S2/c1-3-11-26-17-21-20-16(27-17)19-14(24)8-7-13(23)18-12(2)15(25)22-9-5-4-6-10-22/h3,12H,1,4-11H2,2H3,(H,18,23)(H,19,20,24). The highest BCUT2D eigenvalue weighted by Gasteiger charge is 2.23. The number of rotatable bonds is 9. The quantitative estimate of drug-likeness (QED) is 0.366. The molecular formula is C17H25N5O3S2. The summed E-state index contributed by atoms with van der Waals surface area (Å²) in [6.07, 6.45) is 4.95. The topological polar surface area (TPSA) is 104 Å². The molecule has 2 N–H and O–H groups in total. The third-order valence-corrected chi connectivity index (χ3v) is 5.94. The first-order valence-electron chi connectivity index (χ1n) is 8.94. The van der Waals surface area contributed by atoms with Crippen molar-refractivity contribution in [3.8, 4) is 0 Å². The van der Waals surface area contributed by atoms with Gasteiger partial charge in [0, 0.05) is 31.7 Å². The van der Waals surface area contributed by atoms with E-state index < -0.39 is 6.04 Å². The van der Waals surface area contributed by atoms with Gasteiger partial charge in [-0.2, -0.15) is 0 Å². The molecule has 10 heteroatoms. The fraction of sp³-hybridized carbons (Fsp3) is 0.588. The zero-order chi connectivity index (χ0) is 19.6. The molecule has 8 nitrogen and oxygen atoms in total. The van der Waals surface area contributed by atoms with Crippen molar-refractivity contribution < 1.29 is 14.4 Å². The zero-order valence-corrected chi connectivity index (χ0v) is 17.0. The molecule has 2 heterocycles. The number of nitrogens with one attached hydrogen (secondary N) is 2. The zero-order valence-electron chi connectivity index (χ0n) is 15.4. The smallest absolute Gasteiger partial charge is 0.244 e. The number of carbonyl (C=O) groups excluding carboxylic acids is 3. The summed E-state index contributed by atoms with van der Waals surface area (Å²) in [6.45, 7) is 6.81. The van der Waals surface area contributed by atoms with Crippen LogP contribution in [0.2, 0.25) is 0 Å². The molecule has 0 aromatic carbocycles. The highest BCUT2D eigenvalue weighted by atomic mass is 32.2. The van der Waals surface area contributed by atoms with Gasteiger partial charge in [0.25, 0.3) is 0 Å². The minimum Gasteiger partial charge on any atom is -0.345 e. The van der Waals surface area contributed by atoms with Crippen LogP contribution < -0.4 is 10.6 Å². The van der Waals surface area contributed by atoms with Gasteiger partial charge in [-0.25, -0.2) is 0 Å². The van der Waals surface area contributed by atoms with Crippen molar-refractivity contribution in [3.63, 3.8) is 0 Å². The monoisotopic (exact) mass is 411 g/mol. The Balaban J connectivity index is 1.69. The second-order valence-electron chi connectivity index (χ2n) is 6.20. The highest BCUT2D eigenvalue weighted by molar-refractivity contribution is 8.01. The predicted molar refractivity (Wildman–Crippen MR) is 107 cm³/mol. The van der Waals surface area contributed by atoms with Gasteiger partial charge in [0.2, 0.25) is 22.9 Å². The van der Waals surface area contributed by atoms with Gasteiger partial charge in [0.05, 0.1) is 0 Å². The maximum atomic E-state index is 12.3. The van der Waals surface area contributed by atoms with Gasteiger partial charge in [-0.3, -0.25) is 14.4 Å². The van der Waals surface area contributed by atoms with Crippen molar-refractivity contribution in [1.29, 1.82) is 0 Å². The molecule has 0 bridgehead atoms. The maximum Gasteiger partial charge on any atom is 0.244 e. The van der Waals surface area contributed by atoms with Gasteiger partial charge in [0.1, 0.15) is 6.04 Å². The van der Waals surface area contributed by atoms with Crippen LogP contribution in [0.4, 0.5) is 5.13 Å². The van der Waals surface area contributed by atoms with E-state index in [0.717, 1.165) is 42.4 Å². The number of piperidine rings is 1. The second kappa shape index (κ2) is 11.0. The summed E-state index contributed by atoms with van der Waals surface area (Å²) in [5, 5.41) is 13.6. The molecule has 27 heavy (non-hydrogen) atoms. The van der Waals surface area contributed by atoms with Crippen molar-refractivity contribution in [1.82, 2.24) is 20.4 Å². The summed E-state index contributed by atoms with van der Waals surface area (Å²) in [6, 6.07) is -0.578. The number of hydrogen-bond acceptors (Lipinski definition) is 7. The third-order valence-electron chi connectivity index (χ3n) is 3.97. The van der Waals surface area contributed by atoms with E-state index in [2.05, 4.69) is 27.4 Å². The average Bonchev–Trinajstić information content (AvgIpc) is 3.12. The molecule has 1 unspecified atom stereocenters. The lowest BCUT2D eigenvalue weighted by Gasteiger charge is -2.29. The summed E-state index contributed by atoms with van der Waals surface area (Å²) in [5.41, 5.74) is 0. The van der Waals surface area contributed by atoms with E-state index in [1.54, 1.807) is 17.9 Å². The summed E-state index contributed by atoms with van der Waals surface area (Å²) in [4.78, 5) is 38.1. The van der Waals surface area contributed by atoms with Crippen LogP contribution in [0.25, 0.3) is 0 Å². The minimum atomic E-state index is -0.578. The van der Waals surface area contributed by atoms with Crippen LogP contribution in [-0.2, 0) is 14.4 Å². The Bertz CT molecular complexity index is 673. The summed E-state index contributed by atoms with van der Waals surface area (Å²) >= 11 is 2.76. The largest absolute Gasteiger partial charge is 0.345 e. The molecular weight excluding hydrogens is 386 g/mol. The van der Waals surface area contributed by atoms with Crippen LogP contribution in [-0.4, -0.2) is 57.7 Å². The first kappa shape index (κ1) is 21.4. The summed E-state index contributed by atoms with van der Waals surface area (Å²) in [7, 11) is 0. The molecule has 1 saturated heterocycles. The molecule has 1 fully saturated rings.